The van der Waals surface area contributed by atoms with Crippen molar-refractivity contribution in [3.8, 4) is 0 Å². The fraction of sp³-hybridized carbons (Fsp3) is 0.667. The fourth-order valence-electron chi connectivity index (χ4n) is 2.23. The molecule has 0 amide bonds. The average molecular weight is 287 g/mol. The summed E-state index contributed by atoms with van der Waals surface area (Å²) in [5, 5.41) is 18.7. The molecular weight excluding hydrogens is 270 g/mol. The number of rotatable bonds is 5. The van der Waals surface area contributed by atoms with Gasteiger partial charge in [-0.25, -0.2) is 4.79 Å². The van der Waals surface area contributed by atoms with Crippen LogP contribution in [0.25, 0.3) is 0 Å². The lowest BCUT2D eigenvalue weighted by Crippen LogP contribution is -2.34. The van der Waals surface area contributed by atoms with Crippen molar-refractivity contribution in [2.45, 2.75) is 37.7 Å². The van der Waals surface area contributed by atoms with E-state index >= 15 is 0 Å². The van der Waals surface area contributed by atoms with Crippen molar-refractivity contribution in [1.82, 2.24) is 9.55 Å². The molecule has 3 atom stereocenters. The van der Waals surface area contributed by atoms with Gasteiger partial charge in [-0.05, 0) is 12.8 Å². The van der Waals surface area contributed by atoms with Crippen molar-refractivity contribution in [3.05, 3.63) is 32.6 Å². The minimum Gasteiger partial charge on any atom is -0.394 e. The Morgan fingerprint density at radius 3 is 2.85 bits per heavy atom. The van der Waals surface area contributed by atoms with Crippen LogP contribution in [0.1, 0.15) is 24.6 Å². The van der Waals surface area contributed by atoms with E-state index in [-0.39, 0.29) is 31.4 Å². The second-order valence-electron chi connectivity index (χ2n) is 4.73. The molecule has 0 unspecified atom stereocenters. The van der Waals surface area contributed by atoms with Crippen LogP contribution in [-0.2, 0) is 11.2 Å². The summed E-state index contributed by atoms with van der Waals surface area (Å²) in [6.45, 7) is -0.908. The van der Waals surface area contributed by atoms with Gasteiger partial charge in [0.2, 0.25) is 0 Å². The summed E-state index contributed by atoms with van der Waals surface area (Å²) in [6, 6.07) is 0. The molecule has 1 aromatic rings. The van der Waals surface area contributed by atoms with E-state index in [1.165, 1.54) is 6.20 Å². The molecule has 0 aromatic carbocycles. The first-order valence-corrected chi connectivity index (χ1v) is 6.41. The van der Waals surface area contributed by atoms with Gasteiger partial charge in [-0.2, -0.15) is 0 Å². The molecule has 112 valence electrons. The van der Waals surface area contributed by atoms with Crippen molar-refractivity contribution in [2.24, 2.45) is 0 Å². The van der Waals surface area contributed by atoms with Crippen LogP contribution in [-0.4, -0.2) is 45.3 Å². The number of nitrogens with one attached hydrogen (secondary N) is 1. The molecule has 0 spiro atoms. The molecule has 7 nitrogen and oxygen atoms in total. The quantitative estimate of drug-likeness (QED) is 0.649. The molecule has 1 aliphatic heterocycles. The topological polar surface area (TPSA) is 105 Å². The number of aromatic amines is 1. The van der Waals surface area contributed by atoms with Gasteiger partial charge in [0.15, 0.2) is 0 Å². The Morgan fingerprint density at radius 1 is 1.50 bits per heavy atom. The molecule has 1 saturated heterocycles. The second-order valence-corrected chi connectivity index (χ2v) is 4.73. The Hall–Kier alpha value is -1.51. The van der Waals surface area contributed by atoms with Gasteiger partial charge in [0, 0.05) is 18.2 Å². The molecule has 2 heterocycles. The first kappa shape index (κ1) is 14.9. The van der Waals surface area contributed by atoms with Gasteiger partial charge in [0.1, 0.15) is 12.3 Å². The molecule has 0 saturated carbocycles. The third kappa shape index (κ3) is 2.97. The van der Waals surface area contributed by atoms with Crippen molar-refractivity contribution in [1.29, 1.82) is 0 Å². The summed E-state index contributed by atoms with van der Waals surface area (Å²) in [5.74, 6) is 0. The lowest BCUT2D eigenvalue weighted by Gasteiger charge is -2.15. The van der Waals surface area contributed by atoms with E-state index < -0.39 is 36.4 Å². The van der Waals surface area contributed by atoms with Crippen molar-refractivity contribution in [3.63, 3.8) is 0 Å². The van der Waals surface area contributed by atoms with Crippen LogP contribution in [0.4, 0.5) is 4.39 Å². The van der Waals surface area contributed by atoms with Crippen LogP contribution >= 0.6 is 0 Å². The fourth-order valence-corrected chi connectivity index (χ4v) is 2.23. The van der Waals surface area contributed by atoms with Crippen LogP contribution in [0.5, 0.6) is 0 Å². The van der Waals surface area contributed by atoms with E-state index in [0.717, 1.165) is 4.57 Å². The van der Waals surface area contributed by atoms with Crippen molar-refractivity contribution in [2.75, 3.05) is 13.3 Å². The number of halogens is 1. The number of ether oxygens (including phenoxy) is 1. The molecule has 1 aromatic heterocycles. The van der Waals surface area contributed by atoms with Gasteiger partial charge in [-0.3, -0.25) is 18.7 Å². The second kappa shape index (κ2) is 6.29. The monoisotopic (exact) mass is 287 g/mol. The zero-order valence-electron chi connectivity index (χ0n) is 10.8. The zero-order chi connectivity index (χ0) is 14.7. The Labute approximate surface area is 113 Å². The maximum Gasteiger partial charge on any atom is 0.330 e. The van der Waals surface area contributed by atoms with E-state index in [2.05, 4.69) is 4.98 Å². The normalized spacial score (nSPS) is 26.1. The van der Waals surface area contributed by atoms with Gasteiger partial charge in [0.25, 0.3) is 5.56 Å². The smallest absolute Gasteiger partial charge is 0.330 e. The summed E-state index contributed by atoms with van der Waals surface area (Å²) < 4.78 is 18.7. The standard InChI is InChI=1S/C12H17FN2O5/c13-3-1-2-7-5-15(12(19)14-11(7)18)10-4-8(17)9(6-16)20-10/h5,8-10,16-17H,1-4,6H2,(H,14,18,19)/t8-,9+,10+/m0/s1/i13-1. The number of aliphatic hydroxyl groups excluding tert-OH is 2. The van der Waals surface area contributed by atoms with Gasteiger partial charge in [0.05, 0.1) is 19.4 Å². The highest BCUT2D eigenvalue weighted by Crippen LogP contribution is 2.27. The van der Waals surface area contributed by atoms with E-state index in [0.29, 0.717) is 0 Å². The summed E-state index contributed by atoms with van der Waals surface area (Å²) in [7, 11) is 0. The third-order valence-electron chi connectivity index (χ3n) is 3.32. The average Bonchev–Trinajstić information content (AvgIpc) is 2.79. The van der Waals surface area contributed by atoms with Crippen LogP contribution in [0.3, 0.4) is 0 Å². The molecule has 0 radical (unpaired) electrons. The Morgan fingerprint density at radius 2 is 2.25 bits per heavy atom. The van der Waals surface area contributed by atoms with E-state index in [1.54, 1.807) is 0 Å². The molecule has 8 heteroatoms. The van der Waals surface area contributed by atoms with Gasteiger partial charge in [-0.15, -0.1) is 0 Å². The van der Waals surface area contributed by atoms with Crippen molar-refractivity contribution >= 4 is 0 Å². The number of hydrogen-bond acceptors (Lipinski definition) is 5. The first-order chi connectivity index (χ1) is 9.56. The number of aliphatic hydroxyl groups is 2. The lowest BCUT2D eigenvalue weighted by atomic mass is 10.2. The van der Waals surface area contributed by atoms with Gasteiger partial charge >= 0.3 is 5.69 Å². The molecule has 1 aliphatic rings. The molecule has 0 aliphatic carbocycles. The summed E-state index contributed by atoms with van der Waals surface area (Å²) in [4.78, 5) is 25.5. The van der Waals surface area contributed by atoms with Crippen molar-refractivity contribution < 1.29 is 19.3 Å². The van der Waals surface area contributed by atoms with E-state index in [4.69, 9.17) is 9.84 Å². The number of aryl methyl sites for hydroxylation is 1. The largest absolute Gasteiger partial charge is 0.394 e. The Bertz CT molecular complexity index is 570. The predicted molar refractivity (Wildman–Crippen MR) is 67.2 cm³/mol. The molecule has 3 N–H and O–H groups in total. The molecule has 2 rings (SSSR count). The molecule has 20 heavy (non-hydrogen) atoms. The third-order valence-corrected chi connectivity index (χ3v) is 3.32. The molecular formula is C12H17FN2O5. The van der Waals surface area contributed by atoms with Crippen LogP contribution < -0.4 is 11.2 Å². The summed E-state index contributed by atoms with van der Waals surface area (Å²) in [6.07, 6.45) is -0.519. The molecule has 1 fully saturated rings. The number of alkyl halides is 1. The van der Waals surface area contributed by atoms with Gasteiger partial charge < -0.3 is 14.9 Å². The number of nitrogens with zero attached hydrogens (tertiary/aromatic N) is 1. The van der Waals surface area contributed by atoms with Crippen LogP contribution in [0.15, 0.2) is 15.8 Å². The lowest BCUT2D eigenvalue weighted by molar-refractivity contribution is -0.0460. The number of H-pyrrole nitrogens is 1. The summed E-state index contributed by atoms with van der Waals surface area (Å²) >= 11 is 0. The highest BCUT2D eigenvalue weighted by atomic mass is 18.2. The van der Waals surface area contributed by atoms with E-state index in [1.807, 2.05) is 0 Å². The van der Waals surface area contributed by atoms with Crippen LogP contribution in [0, 0.1) is 0 Å². The molecule has 0 bridgehead atoms. The zero-order valence-corrected chi connectivity index (χ0v) is 10.8. The highest BCUT2D eigenvalue weighted by Gasteiger charge is 2.35. The maximum atomic E-state index is 12.2. The Balaban J connectivity index is 2.28. The summed E-state index contributed by atoms with van der Waals surface area (Å²) in [5.41, 5.74) is -0.917. The maximum absolute atomic E-state index is 12.2. The number of aromatic nitrogens is 2. The van der Waals surface area contributed by atoms with E-state index in [9.17, 15) is 19.1 Å². The Kier molecular flexibility index (Phi) is 4.69. The van der Waals surface area contributed by atoms with Gasteiger partial charge in [-0.1, -0.05) is 0 Å². The minimum absolute atomic E-state index is 0.139. The minimum atomic E-state index is -0.877. The first-order valence-electron chi connectivity index (χ1n) is 6.41. The van der Waals surface area contributed by atoms with Crippen LogP contribution in [0.2, 0.25) is 0 Å². The SMILES string of the molecule is O=c1[nH]c(=O)n([C@H]2C[C@H](O)[C@@H](CO)O2)cc1CCC[18F]. The number of hydrogen-bond donors (Lipinski definition) is 3. The predicted octanol–water partition coefficient (Wildman–Crippen LogP) is -0.921. The highest BCUT2D eigenvalue weighted by molar-refractivity contribution is 5.05.